The Kier molecular flexibility index (Phi) is 9.46. The maximum Gasteiger partial charge on any atom is 0.241 e. The fraction of sp³-hybridized carbons (Fsp3) is 0.636. The Labute approximate surface area is 186 Å². The Bertz CT molecular complexity index is 854. The average molecular weight is 453 g/mol. The van der Waals surface area contributed by atoms with Crippen LogP contribution < -0.4 is 15.4 Å². The molecule has 8 nitrogen and oxygen atoms in total. The number of likely N-dealkylation sites (tertiary alicyclic amines) is 1. The van der Waals surface area contributed by atoms with E-state index in [9.17, 15) is 18.0 Å². The summed E-state index contributed by atoms with van der Waals surface area (Å²) in [6, 6.07) is 3.74. The van der Waals surface area contributed by atoms with Gasteiger partial charge >= 0.3 is 0 Å². The van der Waals surface area contributed by atoms with Crippen molar-refractivity contribution in [2.75, 3.05) is 32.7 Å². The number of carbonyl (C=O) groups excluding carboxylic acids is 2. The Hall–Kier alpha value is -1.97. The van der Waals surface area contributed by atoms with Gasteiger partial charge in [0.1, 0.15) is 0 Å². The van der Waals surface area contributed by atoms with Crippen molar-refractivity contribution in [1.82, 2.24) is 20.3 Å². The first-order chi connectivity index (χ1) is 14.6. The van der Waals surface area contributed by atoms with Crippen LogP contribution in [0.2, 0.25) is 0 Å². The Morgan fingerprint density at radius 2 is 1.65 bits per heavy atom. The zero-order chi connectivity index (χ0) is 23.0. The van der Waals surface area contributed by atoms with Crippen LogP contribution in [0, 0.1) is 20.8 Å². The summed E-state index contributed by atoms with van der Waals surface area (Å²) in [6.45, 7) is 10.1. The molecular formula is C22H36N4O4S. The van der Waals surface area contributed by atoms with Gasteiger partial charge in [0.05, 0.1) is 11.4 Å². The third-order valence-electron chi connectivity index (χ3n) is 5.41. The van der Waals surface area contributed by atoms with Crippen molar-refractivity contribution in [3.8, 4) is 0 Å². The number of hydrogen-bond acceptors (Lipinski definition) is 5. The molecule has 174 valence electrons. The highest BCUT2D eigenvalue weighted by atomic mass is 32.2. The van der Waals surface area contributed by atoms with E-state index in [0.717, 1.165) is 37.9 Å². The number of nitrogens with zero attached hydrogens (tertiary/aromatic N) is 1. The Morgan fingerprint density at radius 3 is 2.23 bits per heavy atom. The van der Waals surface area contributed by atoms with E-state index in [1.807, 2.05) is 26.0 Å². The van der Waals surface area contributed by atoms with Gasteiger partial charge in [0.2, 0.25) is 21.8 Å². The first kappa shape index (κ1) is 25.3. The zero-order valence-electron chi connectivity index (χ0n) is 19.1. The fourth-order valence-corrected chi connectivity index (χ4v) is 5.50. The van der Waals surface area contributed by atoms with Crippen molar-refractivity contribution in [2.24, 2.45) is 0 Å². The molecule has 0 spiro atoms. The van der Waals surface area contributed by atoms with Crippen LogP contribution in [-0.2, 0) is 19.6 Å². The van der Waals surface area contributed by atoms with Crippen LogP contribution in [-0.4, -0.2) is 63.9 Å². The fourth-order valence-electron chi connectivity index (χ4n) is 4.02. The molecule has 0 bridgehead atoms. The third kappa shape index (κ3) is 7.90. The quantitative estimate of drug-likeness (QED) is 0.497. The van der Waals surface area contributed by atoms with Crippen LogP contribution in [0.4, 0.5) is 0 Å². The van der Waals surface area contributed by atoms with Gasteiger partial charge in [-0.15, -0.1) is 0 Å². The highest BCUT2D eigenvalue weighted by Gasteiger charge is 2.23. The van der Waals surface area contributed by atoms with Gasteiger partial charge in [0.25, 0.3) is 0 Å². The molecule has 3 N–H and O–H groups in total. The van der Waals surface area contributed by atoms with Gasteiger partial charge in [-0.3, -0.25) is 14.5 Å². The summed E-state index contributed by atoms with van der Waals surface area (Å²) in [5.41, 5.74) is 2.41. The molecule has 1 aliphatic heterocycles. The second-order valence-corrected chi connectivity index (χ2v) is 10.0. The van der Waals surface area contributed by atoms with Crippen molar-refractivity contribution < 1.29 is 18.0 Å². The van der Waals surface area contributed by atoms with Crippen molar-refractivity contribution >= 4 is 21.8 Å². The van der Waals surface area contributed by atoms with Crippen LogP contribution in [0.3, 0.4) is 0 Å². The number of aryl methyl sites for hydroxylation is 3. The topological polar surface area (TPSA) is 108 Å². The van der Waals surface area contributed by atoms with Gasteiger partial charge in [-0.05, 0) is 51.2 Å². The summed E-state index contributed by atoms with van der Waals surface area (Å²) in [5.74, 6) is -0.130. The lowest BCUT2D eigenvalue weighted by molar-refractivity contribution is -0.124. The average Bonchev–Trinajstić information content (AvgIpc) is 2.66. The Morgan fingerprint density at radius 1 is 1.03 bits per heavy atom. The lowest BCUT2D eigenvalue weighted by Crippen LogP contribution is -2.47. The molecule has 0 saturated carbocycles. The van der Waals surface area contributed by atoms with Crippen molar-refractivity contribution in [2.45, 2.75) is 64.3 Å². The molecule has 2 amide bonds. The van der Waals surface area contributed by atoms with E-state index in [2.05, 4.69) is 20.3 Å². The van der Waals surface area contributed by atoms with Gasteiger partial charge in [-0.25, -0.2) is 13.1 Å². The molecule has 2 rings (SSSR count). The SMILES string of the molecule is CCCNC(=O)CN1CCC(NC(=O)CCNS(=O)(=O)c2c(C)cc(C)cc2C)CC1. The van der Waals surface area contributed by atoms with E-state index in [0.29, 0.717) is 24.2 Å². The van der Waals surface area contributed by atoms with Crippen LogP contribution in [0.15, 0.2) is 17.0 Å². The summed E-state index contributed by atoms with van der Waals surface area (Å²) < 4.78 is 27.9. The molecule has 0 unspecified atom stereocenters. The number of hydrogen-bond donors (Lipinski definition) is 3. The largest absolute Gasteiger partial charge is 0.355 e. The van der Waals surface area contributed by atoms with Gasteiger partial charge < -0.3 is 10.6 Å². The molecule has 0 radical (unpaired) electrons. The summed E-state index contributed by atoms with van der Waals surface area (Å²) >= 11 is 0. The first-order valence-electron chi connectivity index (χ1n) is 11.0. The molecule has 0 atom stereocenters. The minimum atomic E-state index is -3.67. The van der Waals surface area contributed by atoms with Crippen molar-refractivity contribution in [3.63, 3.8) is 0 Å². The van der Waals surface area contributed by atoms with Crippen molar-refractivity contribution in [3.05, 3.63) is 28.8 Å². The molecule has 0 aliphatic carbocycles. The number of rotatable bonds is 10. The van der Waals surface area contributed by atoms with Crippen LogP contribution >= 0.6 is 0 Å². The summed E-state index contributed by atoms with van der Waals surface area (Å²) in [4.78, 5) is 26.5. The molecule has 1 aliphatic rings. The molecule has 1 aromatic rings. The minimum absolute atomic E-state index is 0.0377. The molecule has 1 aromatic carbocycles. The molecule has 31 heavy (non-hydrogen) atoms. The van der Waals surface area contributed by atoms with Crippen LogP contribution in [0.25, 0.3) is 0 Å². The van der Waals surface area contributed by atoms with Gasteiger partial charge in [0, 0.05) is 38.6 Å². The standard InChI is InChI=1S/C22H36N4O4S/c1-5-9-23-21(28)15-26-11-7-19(8-12-26)25-20(27)6-10-24-31(29,30)22-17(3)13-16(2)14-18(22)4/h13-14,19,24H,5-12,15H2,1-4H3,(H,23,28)(H,25,27). The number of benzene rings is 1. The summed E-state index contributed by atoms with van der Waals surface area (Å²) in [6.07, 6.45) is 2.56. The summed E-state index contributed by atoms with van der Waals surface area (Å²) in [5, 5.41) is 5.86. The minimum Gasteiger partial charge on any atom is -0.355 e. The third-order valence-corrected chi connectivity index (χ3v) is 7.18. The molecule has 1 fully saturated rings. The van der Waals surface area contributed by atoms with Gasteiger partial charge in [-0.2, -0.15) is 0 Å². The van der Waals surface area contributed by atoms with E-state index in [1.165, 1.54) is 0 Å². The predicted molar refractivity (Wildman–Crippen MR) is 121 cm³/mol. The monoisotopic (exact) mass is 452 g/mol. The zero-order valence-corrected chi connectivity index (χ0v) is 19.9. The summed E-state index contributed by atoms with van der Waals surface area (Å²) in [7, 11) is -3.67. The highest BCUT2D eigenvalue weighted by Crippen LogP contribution is 2.21. The lowest BCUT2D eigenvalue weighted by Gasteiger charge is -2.31. The molecular weight excluding hydrogens is 416 g/mol. The molecule has 1 saturated heterocycles. The second-order valence-electron chi connectivity index (χ2n) is 8.34. The van der Waals surface area contributed by atoms with E-state index < -0.39 is 10.0 Å². The number of sulfonamides is 1. The molecule has 1 heterocycles. The second kappa shape index (κ2) is 11.6. The number of piperidine rings is 1. The van der Waals surface area contributed by atoms with E-state index in [4.69, 9.17) is 0 Å². The van der Waals surface area contributed by atoms with Crippen LogP contribution in [0.5, 0.6) is 0 Å². The highest BCUT2D eigenvalue weighted by molar-refractivity contribution is 7.89. The number of amides is 2. The predicted octanol–water partition coefficient (Wildman–Crippen LogP) is 1.39. The van der Waals surface area contributed by atoms with E-state index in [1.54, 1.807) is 13.8 Å². The van der Waals surface area contributed by atoms with Crippen molar-refractivity contribution in [1.29, 1.82) is 0 Å². The maximum atomic E-state index is 12.7. The normalized spacial score (nSPS) is 15.6. The van der Waals surface area contributed by atoms with Gasteiger partial charge in [0.15, 0.2) is 0 Å². The molecule has 9 heteroatoms. The first-order valence-corrected chi connectivity index (χ1v) is 12.5. The lowest BCUT2D eigenvalue weighted by atomic mass is 10.0. The number of nitrogens with one attached hydrogen (secondary N) is 3. The Balaban J connectivity index is 1.74. The number of carbonyl (C=O) groups is 2. The maximum absolute atomic E-state index is 12.7. The van der Waals surface area contributed by atoms with E-state index >= 15 is 0 Å². The van der Waals surface area contributed by atoms with Gasteiger partial charge in [-0.1, -0.05) is 24.6 Å². The van der Waals surface area contributed by atoms with E-state index in [-0.39, 0.29) is 35.7 Å². The smallest absolute Gasteiger partial charge is 0.241 e. The van der Waals surface area contributed by atoms with Crippen LogP contribution in [0.1, 0.15) is 49.3 Å². The molecule has 0 aromatic heterocycles.